The Morgan fingerprint density at radius 2 is 2.05 bits per heavy atom. The van der Waals surface area contributed by atoms with E-state index in [1.54, 1.807) is 0 Å². The van der Waals surface area contributed by atoms with Gasteiger partial charge in [0.05, 0.1) is 0 Å². The number of nitrogens with zero attached hydrogens (tertiary/aromatic N) is 1. The fourth-order valence-corrected chi connectivity index (χ4v) is 2.92. The molecule has 2 rings (SSSR count). The summed E-state index contributed by atoms with van der Waals surface area (Å²) in [5.41, 5.74) is 2.31. The average Bonchev–Trinajstić information content (AvgIpc) is 2.46. The molecule has 1 aromatic rings. The van der Waals surface area contributed by atoms with Crippen LogP contribution in [0.25, 0.3) is 0 Å². The molecule has 1 N–H and O–H groups in total. The predicted octanol–water partition coefficient (Wildman–Crippen LogP) is 2.90. The van der Waals surface area contributed by atoms with Gasteiger partial charge in [-0.1, -0.05) is 37.8 Å². The molecule has 2 nitrogen and oxygen atoms in total. The molecule has 0 amide bonds. The molecule has 1 saturated heterocycles. The fraction of sp³-hybridized carbons (Fsp3) is 0.556. The maximum Gasteiger partial charge on any atom is 0.104 e. The third kappa shape index (κ3) is 4.37. The molecule has 1 fully saturated rings. The van der Waals surface area contributed by atoms with E-state index >= 15 is 0 Å². The summed E-state index contributed by atoms with van der Waals surface area (Å²) in [7, 11) is 0. The number of aliphatic hydroxyl groups excluding tert-OH is 1. The van der Waals surface area contributed by atoms with Crippen LogP contribution < -0.4 is 0 Å². The summed E-state index contributed by atoms with van der Waals surface area (Å²) in [4.78, 5) is 2.54. The van der Waals surface area contributed by atoms with Crippen LogP contribution in [-0.4, -0.2) is 29.7 Å². The lowest BCUT2D eigenvalue weighted by Gasteiger charge is -2.33. The molecule has 0 bridgehead atoms. The normalized spacial score (nSPS) is 17.0. The molecule has 1 aliphatic rings. The molecule has 0 unspecified atom stereocenters. The summed E-state index contributed by atoms with van der Waals surface area (Å²) < 4.78 is 0. The van der Waals surface area contributed by atoms with E-state index in [2.05, 4.69) is 48.8 Å². The summed E-state index contributed by atoms with van der Waals surface area (Å²) in [6.07, 6.45) is 2.64. The highest BCUT2D eigenvalue weighted by atomic mass is 16.2. The Morgan fingerprint density at radius 1 is 1.30 bits per heavy atom. The smallest absolute Gasteiger partial charge is 0.104 e. The molecule has 1 aliphatic heterocycles. The minimum absolute atomic E-state index is 0.0764. The van der Waals surface area contributed by atoms with Crippen molar-refractivity contribution in [3.63, 3.8) is 0 Å². The van der Waals surface area contributed by atoms with Gasteiger partial charge in [0, 0.05) is 12.1 Å². The lowest BCUT2D eigenvalue weighted by Crippen LogP contribution is -2.34. The molecule has 0 spiro atoms. The molecule has 0 aliphatic carbocycles. The van der Waals surface area contributed by atoms with Gasteiger partial charge in [-0.2, -0.15) is 0 Å². The zero-order chi connectivity index (χ0) is 14.4. The number of piperidine rings is 1. The largest absolute Gasteiger partial charge is 0.384 e. The topological polar surface area (TPSA) is 23.5 Å². The zero-order valence-corrected chi connectivity index (χ0v) is 12.6. The van der Waals surface area contributed by atoms with Gasteiger partial charge in [-0.25, -0.2) is 0 Å². The highest BCUT2D eigenvalue weighted by Gasteiger charge is 2.21. The number of likely N-dealkylation sites (tertiary alicyclic amines) is 1. The van der Waals surface area contributed by atoms with E-state index in [-0.39, 0.29) is 6.61 Å². The van der Waals surface area contributed by atoms with E-state index in [0.29, 0.717) is 0 Å². The van der Waals surface area contributed by atoms with Crippen molar-refractivity contribution >= 4 is 0 Å². The van der Waals surface area contributed by atoms with Crippen molar-refractivity contribution in [2.24, 2.45) is 11.8 Å². The van der Waals surface area contributed by atoms with Gasteiger partial charge in [-0.3, -0.25) is 4.90 Å². The molecule has 1 aromatic carbocycles. The van der Waals surface area contributed by atoms with E-state index in [1.807, 2.05) is 6.07 Å². The summed E-state index contributed by atoms with van der Waals surface area (Å²) >= 11 is 0. The molecule has 0 radical (unpaired) electrons. The van der Waals surface area contributed by atoms with Gasteiger partial charge in [-0.05, 0) is 55.5 Å². The van der Waals surface area contributed by atoms with Crippen LogP contribution in [0.3, 0.4) is 0 Å². The summed E-state index contributed by atoms with van der Waals surface area (Å²) in [6.45, 7) is 8.02. The average molecular weight is 271 g/mol. The SMILES string of the molecule is CC(C)C1CCN(Cc2cccc(C#CCO)c2)CC1. The van der Waals surface area contributed by atoms with Crippen LogP contribution in [0.5, 0.6) is 0 Å². The van der Waals surface area contributed by atoms with Crippen LogP contribution in [0.15, 0.2) is 24.3 Å². The van der Waals surface area contributed by atoms with Crippen LogP contribution >= 0.6 is 0 Å². The monoisotopic (exact) mass is 271 g/mol. The van der Waals surface area contributed by atoms with Crippen molar-refractivity contribution in [3.8, 4) is 11.8 Å². The van der Waals surface area contributed by atoms with Crippen LogP contribution in [0.1, 0.15) is 37.8 Å². The Labute approximate surface area is 122 Å². The molecule has 0 saturated carbocycles. The predicted molar refractivity (Wildman–Crippen MR) is 83.2 cm³/mol. The van der Waals surface area contributed by atoms with Crippen LogP contribution in [0.2, 0.25) is 0 Å². The van der Waals surface area contributed by atoms with E-state index < -0.39 is 0 Å². The van der Waals surface area contributed by atoms with Crippen molar-refractivity contribution in [2.45, 2.75) is 33.2 Å². The number of hydrogen-bond acceptors (Lipinski definition) is 2. The highest BCUT2D eigenvalue weighted by Crippen LogP contribution is 2.25. The number of hydrogen-bond donors (Lipinski definition) is 1. The standard InChI is InChI=1S/C18H25NO/c1-15(2)18-8-10-19(11-9-18)14-17-6-3-5-16(13-17)7-4-12-20/h3,5-6,13,15,18,20H,8-12,14H2,1-2H3. The van der Waals surface area contributed by atoms with Crippen LogP contribution in [-0.2, 0) is 6.54 Å². The minimum Gasteiger partial charge on any atom is -0.384 e. The van der Waals surface area contributed by atoms with Gasteiger partial charge >= 0.3 is 0 Å². The second-order valence-corrected chi connectivity index (χ2v) is 6.02. The number of aliphatic hydroxyl groups is 1. The third-order valence-corrected chi connectivity index (χ3v) is 4.22. The minimum atomic E-state index is -0.0764. The molecular weight excluding hydrogens is 246 g/mol. The fourth-order valence-electron chi connectivity index (χ4n) is 2.92. The Hall–Kier alpha value is -1.30. The second kappa shape index (κ2) is 7.47. The first-order valence-electron chi connectivity index (χ1n) is 7.60. The van der Waals surface area contributed by atoms with Gasteiger partial charge in [0.2, 0.25) is 0 Å². The number of rotatable bonds is 3. The zero-order valence-electron chi connectivity index (χ0n) is 12.6. The van der Waals surface area contributed by atoms with Crippen LogP contribution in [0, 0.1) is 23.7 Å². The van der Waals surface area contributed by atoms with Gasteiger partial charge in [0.1, 0.15) is 6.61 Å². The van der Waals surface area contributed by atoms with E-state index in [0.717, 1.165) is 23.9 Å². The van der Waals surface area contributed by atoms with Crippen molar-refractivity contribution in [3.05, 3.63) is 35.4 Å². The Kier molecular flexibility index (Phi) is 5.64. The molecule has 2 heteroatoms. The molecule has 1 heterocycles. The Bertz CT molecular complexity index is 476. The van der Waals surface area contributed by atoms with Gasteiger partial charge in [0.15, 0.2) is 0 Å². The molecule has 0 atom stereocenters. The van der Waals surface area contributed by atoms with Crippen LogP contribution in [0.4, 0.5) is 0 Å². The lowest BCUT2D eigenvalue weighted by molar-refractivity contribution is 0.152. The quantitative estimate of drug-likeness (QED) is 0.855. The maximum absolute atomic E-state index is 8.75. The van der Waals surface area contributed by atoms with Gasteiger partial charge < -0.3 is 5.11 Å². The van der Waals surface area contributed by atoms with Gasteiger partial charge in [0.25, 0.3) is 0 Å². The van der Waals surface area contributed by atoms with Crippen molar-refractivity contribution in [1.82, 2.24) is 4.90 Å². The van der Waals surface area contributed by atoms with E-state index in [4.69, 9.17) is 5.11 Å². The van der Waals surface area contributed by atoms with Gasteiger partial charge in [-0.15, -0.1) is 0 Å². The molecule has 20 heavy (non-hydrogen) atoms. The Balaban J connectivity index is 1.91. The highest BCUT2D eigenvalue weighted by molar-refractivity contribution is 5.37. The lowest BCUT2D eigenvalue weighted by atomic mass is 9.86. The second-order valence-electron chi connectivity index (χ2n) is 6.02. The molecule has 0 aromatic heterocycles. The summed E-state index contributed by atoms with van der Waals surface area (Å²) in [6, 6.07) is 8.35. The molecular formula is C18H25NO. The first-order chi connectivity index (χ1) is 9.69. The number of benzene rings is 1. The van der Waals surface area contributed by atoms with Crippen molar-refractivity contribution in [1.29, 1.82) is 0 Å². The molecule has 108 valence electrons. The summed E-state index contributed by atoms with van der Waals surface area (Å²) in [5.74, 6) is 7.39. The van der Waals surface area contributed by atoms with Crippen molar-refractivity contribution < 1.29 is 5.11 Å². The third-order valence-electron chi connectivity index (χ3n) is 4.22. The first kappa shape index (κ1) is 15.1. The first-order valence-corrected chi connectivity index (χ1v) is 7.60. The maximum atomic E-state index is 8.75. The Morgan fingerprint density at radius 3 is 2.70 bits per heavy atom. The summed E-state index contributed by atoms with van der Waals surface area (Å²) in [5, 5.41) is 8.75. The van der Waals surface area contributed by atoms with E-state index in [1.165, 1.54) is 31.5 Å². The van der Waals surface area contributed by atoms with E-state index in [9.17, 15) is 0 Å². The van der Waals surface area contributed by atoms with Crippen molar-refractivity contribution in [2.75, 3.05) is 19.7 Å².